The van der Waals surface area contributed by atoms with Crippen LogP contribution >= 0.6 is 23.1 Å². The Hall–Kier alpha value is -1.90. The number of Topliss-reactive ketones (excluding diaryl/α,β-unsaturated/α-hetero) is 1. The molecule has 1 atom stereocenters. The molecule has 2 aromatic heterocycles. The van der Waals surface area contributed by atoms with Gasteiger partial charge in [0.2, 0.25) is 5.13 Å². The first kappa shape index (κ1) is 17.9. The Kier molecular flexibility index (Phi) is 5.72. The van der Waals surface area contributed by atoms with Gasteiger partial charge in [0.25, 0.3) is 0 Å². The Balaban J connectivity index is 1.71. The summed E-state index contributed by atoms with van der Waals surface area (Å²) in [6.45, 7) is 5.14. The van der Waals surface area contributed by atoms with Crippen LogP contribution in [0.2, 0.25) is 0 Å². The number of thioether (sulfide) groups is 1. The standard InChI is InChI=1S/C17H20N4O2S2/c1-10-14(12-6-4-5-7-13(12)19-10)15(22)11(2)24-17-21-20-16(25-17)18-8-9-23-3/h4-7,11,19H,8-9H2,1-3H3,(H,18,20)/t11-/m1/s1. The Morgan fingerprint density at radius 3 is 3.00 bits per heavy atom. The van der Waals surface area contributed by atoms with Crippen LogP contribution in [0.25, 0.3) is 10.9 Å². The molecule has 0 aliphatic heterocycles. The monoisotopic (exact) mass is 376 g/mol. The second-order valence-corrected chi connectivity index (χ2v) is 8.15. The molecule has 132 valence electrons. The van der Waals surface area contributed by atoms with Crippen molar-refractivity contribution in [3.63, 3.8) is 0 Å². The third kappa shape index (κ3) is 4.02. The number of hydrogen-bond acceptors (Lipinski definition) is 7. The molecule has 3 rings (SSSR count). The number of aromatic nitrogens is 3. The van der Waals surface area contributed by atoms with E-state index >= 15 is 0 Å². The molecule has 0 unspecified atom stereocenters. The molecule has 0 aliphatic carbocycles. The summed E-state index contributed by atoms with van der Waals surface area (Å²) in [4.78, 5) is 16.2. The van der Waals surface area contributed by atoms with Crippen LogP contribution in [0, 0.1) is 6.92 Å². The highest BCUT2D eigenvalue weighted by Crippen LogP contribution is 2.32. The largest absolute Gasteiger partial charge is 0.383 e. The number of aryl methyl sites for hydroxylation is 1. The number of anilines is 1. The summed E-state index contributed by atoms with van der Waals surface area (Å²) >= 11 is 2.89. The van der Waals surface area contributed by atoms with E-state index in [2.05, 4.69) is 20.5 Å². The number of ether oxygens (including phenoxy) is 1. The van der Waals surface area contributed by atoms with E-state index < -0.39 is 0 Å². The van der Waals surface area contributed by atoms with Crippen molar-refractivity contribution in [2.45, 2.75) is 23.4 Å². The summed E-state index contributed by atoms with van der Waals surface area (Å²) in [6.07, 6.45) is 0. The molecule has 2 heterocycles. The van der Waals surface area contributed by atoms with E-state index in [0.29, 0.717) is 13.2 Å². The average Bonchev–Trinajstić information content (AvgIpc) is 3.17. The average molecular weight is 377 g/mol. The normalized spacial score (nSPS) is 12.4. The Bertz CT molecular complexity index is 875. The predicted octanol–water partition coefficient (Wildman–Crippen LogP) is 3.75. The maximum atomic E-state index is 12.9. The van der Waals surface area contributed by atoms with Crippen molar-refractivity contribution in [2.24, 2.45) is 0 Å². The van der Waals surface area contributed by atoms with Gasteiger partial charge in [0, 0.05) is 35.8 Å². The van der Waals surface area contributed by atoms with Gasteiger partial charge in [-0.3, -0.25) is 4.79 Å². The summed E-state index contributed by atoms with van der Waals surface area (Å²) < 4.78 is 5.77. The summed E-state index contributed by atoms with van der Waals surface area (Å²) in [5.74, 6) is 0.101. The molecule has 0 spiro atoms. The summed E-state index contributed by atoms with van der Waals surface area (Å²) in [6, 6.07) is 7.88. The first-order chi connectivity index (χ1) is 12.1. The Morgan fingerprint density at radius 1 is 1.40 bits per heavy atom. The van der Waals surface area contributed by atoms with E-state index in [1.54, 1.807) is 7.11 Å². The van der Waals surface area contributed by atoms with Crippen molar-refractivity contribution >= 4 is 44.9 Å². The van der Waals surface area contributed by atoms with E-state index in [1.165, 1.54) is 23.1 Å². The molecule has 0 fully saturated rings. The molecule has 0 saturated heterocycles. The third-order valence-corrected chi connectivity index (χ3v) is 5.84. The molecule has 2 N–H and O–H groups in total. The van der Waals surface area contributed by atoms with Gasteiger partial charge in [-0.05, 0) is 19.9 Å². The van der Waals surface area contributed by atoms with Crippen LogP contribution in [0.15, 0.2) is 28.6 Å². The molecule has 0 aliphatic rings. The fourth-order valence-corrected chi connectivity index (χ4v) is 4.57. The number of hydrogen-bond donors (Lipinski definition) is 2. The van der Waals surface area contributed by atoms with Gasteiger partial charge in [-0.15, -0.1) is 10.2 Å². The number of fused-ring (bicyclic) bond motifs is 1. The number of aromatic amines is 1. The van der Waals surface area contributed by atoms with Gasteiger partial charge in [-0.25, -0.2) is 0 Å². The number of H-pyrrole nitrogens is 1. The van der Waals surface area contributed by atoms with E-state index in [-0.39, 0.29) is 11.0 Å². The van der Waals surface area contributed by atoms with Crippen molar-refractivity contribution in [3.05, 3.63) is 35.5 Å². The highest BCUT2D eigenvalue weighted by Gasteiger charge is 2.23. The molecule has 6 nitrogen and oxygen atoms in total. The molecule has 3 aromatic rings. The SMILES string of the molecule is COCCNc1nnc(S[C@H](C)C(=O)c2c(C)[nH]c3ccccc23)s1. The molecule has 0 saturated carbocycles. The zero-order chi connectivity index (χ0) is 17.8. The van der Waals surface area contributed by atoms with Crippen LogP contribution in [-0.4, -0.2) is 46.5 Å². The molecular weight excluding hydrogens is 356 g/mol. The second-order valence-electron chi connectivity index (χ2n) is 5.59. The molecular formula is C17H20N4O2S2. The van der Waals surface area contributed by atoms with Gasteiger partial charge in [-0.2, -0.15) is 0 Å². The van der Waals surface area contributed by atoms with Crippen molar-refractivity contribution in [2.75, 3.05) is 25.6 Å². The van der Waals surface area contributed by atoms with Crippen LogP contribution in [-0.2, 0) is 4.74 Å². The molecule has 0 radical (unpaired) electrons. The summed E-state index contributed by atoms with van der Waals surface area (Å²) in [7, 11) is 1.66. The van der Waals surface area contributed by atoms with Crippen molar-refractivity contribution in [3.8, 4) is 0 Å². The fourth-order valence-electron chi connectivity index (χ4n) is 2.59. The topological polar surface area (TPSA) is 79.9 Å². The van der Waals surface area contributed by atoms with Crippen LogP contribution in [0.4, 0.5) is 5.13 Å². The number of carbonyl (C=O) groups excluding carboxylic acids is 1. The number of nitrogens with zero attached hydrogens (tertiary/aromatic N) is 2. The lowest BCUT2D eigenvalue weighted by molar-refractivity contribution is 0.0995. The Labute approximate surface area is 154 Å². The number of para-hydroxylation sites is 1. The summed E-state index contributed by atoms with van der Waals surface area (Å²) in [5.41, 5.74) is 2.65. The van der Waals surface area contributed by atoms with Gasteiger partial charge in [0.05, 0.1) is 11.9 Å². The number of carbonyl (C=O) groups is 1. The van der Waals surface area contributed by atoms with E-state index in [4.69, 9.17) is 4.74 Å². The Morgan fingerprint density at radius 2 is 2.20 bits per heavy atom. The number of nitrogens with one attached hydrogen (secondary N) is 2. The maximum absolute atomic E-state index is 12.9. The molecule has 1 aromatic carbocycles. The zero-order valence-electron chi connectivity index (χ0n) is 14.3. The molecule has 0 bridgehead atoms. The van der Waals surface area contributed by atoms with E-state index in [0.717, 1.165) is 31.6 Å². The smallest absolute Gasteiger partial charge is 0.206 e. The second kappa shape index (κ2) is 7.99. The number of methoxy groups -OCH3 is 1. The quantitative estimate of drug-likeness (QED) is 0.354. The third-order valence-electron chi connectivity index (χ3n) is 3.78. The van der Waals surface area contributed by atoms with Gasteiger partial charge in [0.1, 0.15) is 0 Å². The first-order valence-electron chi connectivity index (χ1n) is 7.94. The van der Waals surface area contributed by atoms with Crippen LogP contribution in [0.3, 0.4) is 0 Å². The van der Waals surface area contributed by atoms with Crippen LogP contribution in [0.5, 0.6) is 0 Å². The van der Waals surface area contributed by atoms with E-state index in [1.807, 2.05) is 38.1 Å². The van der Waals surface area contributed by atoms with Gasteiger partial charge >= 0.3 is 0 Å². The van der Waals surface area contributed by atoms with Gasteiger partial charge in [-0.1, -0.05) is 41.3 Å². The first-order valence-corrected chi connectivity index (χ1v) is 9.64. The van der Waals surface area contributed by atoms with Crippen LogP contribution < -0.4 is 5.32 Å². The number of rotatable bonds is 8. The predicted molar refractivity (Wildman–Crippen MR) is 103 cm³/mol. The fraction of sp³-hybridized carbons (Fsp3) is 0.353. The maximum Gasteiger partial charge on any atom is 0.206 e. The molecule has 8 heteroatoms. The summed E-state index contributed by atoms with van der Waals surface area (Å²) in [5, 5.41) is 12.9. The lowest BCUT2D eigenvalue weighted by Gasteiger charge is -2.08. The van der Waals surface area contributed by atoms with Gasteiger partial charge < -0.3 is 15.0 Å². The minimum absolute atomic E-state index is 0.101. The van der Waals surface area contributed by atoms with Crippen molar-refractivity contribution in [1.29, 1.82) is 0 Å². The zero-order valence-corrected chi connectivity index (χ0v) is 16.0. The lowest BCUT2D eigenvalue weighted by atomic mass is 10.1. The highest BCUT2D eigenvalue weighted by molar-refractivity contribution is 8.02. The number of benzene rings is 1. The van der Waals surface area contributed by atoms with Crippen molar-refractivity contribution < 1.29 is 9.53 Å². The minimum atomic E-state index is -0.238. The van der Waals surface area contributed by atoms with E-state index in [9.17, 15) is 4.79 Å². The molecule has 0 amide bonds. The number of ketones is 1. The van der Waals surface area contributed by atoms with Crippen molar-refractivity contribution in [1.82, 2.24) is 15.2 Å². The lowest BCUT2D eigenvalue weighted by Crippen LogP contribution is -2.14. The van der Waals surface area contributed by atoms with Crippen LogP contribution in [0.1, 0.15) is 23.0 Å². The molecule has 25 heavy (non-hydrogen) atoms. The minimum Gasteiger partial charge on any atom is -0.383 e. The van der Waals surface area contributed by atoms with Gasteiger partial charge in [0.15, 0.2) is 10.1 Å². The highest BCUT2D eigenvalue weighted by atomic mass is 32.2.